The molecule has 58 heavy (non-hydrogen) atoms. The maximum atomic E-state index is 2.47. The third kappa shape index (κ3) is 6.15. The molecular weight excluding hydrogens is 701 g/mol. The Labute approximate surface area is 341 Å². The number of anilines is 6. The number of hydrogen-bond donors (Lipinski definition) is 0. The SMILES string of the molecule is Cc1cccc(N(c2cc(-c3ccccc3)ccc2C)c2ccc3ccc4c(N(c5cccc(C)c5)c5cc(-c6ccccc6)ccc5C)ccc5ccc2c3c54)c1. The van der Waals surface area contributed by atoms with Crippen molar-refractivity contribution in [1.82, 2.24) is 0 Å². The van der Waals surface area contributed by atoms with Crippen molar-refractivity contribution >= 4 is 66.4 Å². The van der Waals surface area contributed by atoms with Crippen molar-refractivity contribution in [2.45, 2.75) is 27.7 Å². The summed E-state index contributed by atoms with van der Waals surface area (Å²) in [5, 5.41) is 7.48. The maximum Gasteiger partial charge on any atom is 0.0540 e. The molecule has 0 unspecified atom stereocenters. The molecule has 10 aromatic rings. The predicted octanol–water partition coefficient (Wildman–Crippen LogP) is 16.1. The second-order valence-electron chi connectivity index (χ2n) is 15.7. The molecule has 0 bridgehead atoms. The molecule has 0 radical (unpaired) electrons. The molecule has 0 aromatic heterocycles. The number of aryl methyl sites for hydroxylation is 4. The van der Waals surface area contributed by atoms with Gasteiger partial charge in [-0.1, -0.05) is 146 Å². The van der Waals surface area contributed by atoms with Crippen LogP contribution >= 0.6 is 0 Å². The van der Waals surface area contributed by atoms with Crippen LogP contribution < -0.4 is 9.80 Å². The summed E-state index contributed by atoms with van der Waals surface area (Å²) in [7, 11) is 0. The predicted molar refractivity (Wildman–Crippen MR) is 249 cm³/mol. The largest absolute Gasteiger partial charge is 0.310 e. The molecule has 0 N–H and O–H groups in total. The van der Waals surface area contributed by atoms with Crippen LogP contribution in [0.2, 0.25) is 0 Å². The zero-order valence-electron chi connectivity index (χ0n) is 33.4. The van der Waals surface area contributed by atoms with Gasteiger partial charge in [0.05, 0.1) is 11.4 Å². The van der Waals surface area contributed by atoms with Crippen molar-refractivity contribution < 1.29 is 0 Å². The Hall–Kier alpha value is -7.16. The first-order valence-electron chi connectivity index (χ1n) is 20.2. The Morgan fingerprint density at radius 1 is 0.293 bits per heavy atom. The summed E-state index contributed by atoms with van der Waals surface area (Å²) in [4.78, 5) is 4.94. The van der Waals surface area contributed by atoms with Gasteiger partial charge in [-0.15, -0.1) is 0 Å². The molecule has 0 spiro atoms. The van der Waals surface area contributed by atoms with Gasteiger partial charge in [0.1, 0.15) is 0 Å². The number of rotatable bonds is 8. The molecule has 0 amide bonds. The summed E-state index contributed by atoms with van der Waals surface area (Å²) in [6, 6.07) is 71.5. The summed E-state index contributed by atoms with van der Waals surface area (Å²) in [5.41, 5.74) is 16.6. The van der Waals surface area contributed by atoms with Crippen molar-refractivity contribution in [3.05, 3.63) is 216 Å². The van der Waals surface area contributed by atoms with Gasteiger partial charge in [0.25, 0.3) is 0 Å². The van der Waals surface area contributed by atoms with Gasteiger partial charge in [0.15, 0.2) is 0 Å². The van der Waals surface area contributed by atoms with E-state index >= 15 is 0 Å². The van der Waals surface area contributed by atoms with E-state index in [9.17, 15) is 0 Å². The van der Waals surface area contributed by atoms with Crippen LogP contribution in [0.5, 0.6) is 0 Å². The van der Waals surface area contributed by atoms with Crippen LogP contribution in [0.4, 0.5) is 34.1 Å². The second kappa shape index (κ2) is 14.4. The average Bonchev–Trinajstić information content (AvgIpc) is 3.26. The van der Waals surface area contributed by atoms with E-state index < -0.39 is 0 Å². The topological polar surface area (TPSA) is 6.48 Å². The minimum absolute atomic E-state index is 1.14. The molecule has 278 valence electrons. The van der Waals surface area contributed by atoms with E-state index in [1.54, 1.807) is 0 Å². The molecule has 0 saturated heterocycles. The van der Waals surface area contributed by atoms with Crippen molar-refractivity contribution in [2.24, 2.45) is 0 Å². The first kappa shape index (κ1) is 35.3. The lowest BCUT2D eigenvalue weighted by molar-refractivity contribution is 1.25. The third-order valence-electron chi connectivity index (χ3n) is 11.7. The Morgan fingerprint density at radius 3 is 1.12 bits per heavy atom. The van der Waals surface area contributed by atoms with Crippen molar-refractivity contribution in [3.8, 4) is 22.3 Å². The van der Waals surface area contributed by atoms with Crippen LogP contribution in [0.1, 0.15) is 22.3 Å². The monoisotopic (exact) mass is 744 g/mol. The second-order valence-corrected chi connectivity index (χ2v) is 15.7. The fourth-order valence-corrected chi connectivity index (χ4v) is 8.83. The van der Waals surface area contributed by atoms with Gasteiger partial charge in [-0.05, 0) is 142 Å². The highest BCUT2D eigenvalue weighted by Crippen LogP contribution is 2.49. The van der Waals surface area contributed by atoms with Crippen LogP contribution in [0.3, 0.4) is 0 Å². The zero-order chi connectivity index (χ0) is 39.3. The Balaban J connectivity index is 1.23. The highest BCUT2D eigenvalue weighted by atomic mass is 15.2. The van der Waals surface area contributed by atoms with Gasteiger partial charge in [0.2, 0.25) is 0 Å². The van der Waals surface area contributed by atoms with Crippen molar-refractivity contribution in [3.63, 3.8) is 0 Å². The van der Waals surface area contributed by atoms with Crippen molar-refractivity contribution in [2.75, 3.05) is 9.80 Å². The highest BCUT2D eigenvalue weighted by Gasteiger charge is 2.24. The van der Waals surface area contributed by atoms with Gasteiger partial charge in [0, 0.05) is 33.5 Å². The summed E-state index contributed by atoms with van der Waals surface area (Å²) >= 11 is 0. The summed E-state index contributed by atoms with van der Waals surface area (Å²) < 4.78 is 0. The molecule has 0 heterocycles. The normalized spacial score (nSPS) is 11.4. The molecule has 0 atom stereocenters. The molecule has 0 aliphatic heterocycles. The number of nitrogens with zero attached hydrogens (tertiary/aromatic N) is 2. The Bertz CT molecular complexity index is 2900. The average molecular weight is 745 g/mol. The molecular formula is C56H44N2. The Morgan fingerprint density at radius 2 is 0.707 bits per heavy atom. The first-order valence-corrected chi connectivity index (χ1v) is 20.2. The summed E-state index contributed by atoms with van der Waals surface area (Å²) in [5.74, 6) is 0. The van der Waals surface area contributed by atoms with E-state index in [0.29, 0.717) is 0 Å². The minimum Gasteiger partial charge on any atom is -0.310 e. The van der Waals surface area contributed by atoms with Gasteiger partial charge in [-0.25, -0.2) is 0 Å². The van der Waals surface area contributed by atoms with Crippen molar-refractivity contribution in [1.29, 1.82) is 0 Å². The van der Waals surface area contributed by atoms with E-state index in [-0.39, 0.29) is 0 Å². The number of hydrogen-bond acceptors (Lipinski definition) is 2. The molecule has 10 aromatic carbocycles. The van der Waals surface area contributed by atoms with E-state index in [2.05, 4.69) is 232 Å². The molecule has 0 aliphatic rings. The van der Waals surface area contributed by atoms with E-state index in [1.165, 1.54) is 88.2 Å². The van der Waals surface area contributed by atoms with Gasteiger partial charge in [-0.3, -0.25) is 0 Å². The molecule has 10 rings (SSSR count). The quantitative estimate of drug-likeness (QED) is 0.143. The maximum absolute atomic E-state index is 2.47. The first-order chi connectivity index (χ1) is 28.4. The van der Waals surface area contributed by atoms with Gasteiger partial charge < -0.3 is 9.80 Å². The highest BCUT2D eigenvalue weighted by molar-refractivity contribution is 6.28. The van der Waals surface area contributed by atoms with Crippen LogP contribution in [-0.4, -0.2) is 0 Å². The van der Waals surface area contributed by atoms with E-state index in [1.807, 2.05) is 0 Å². The fraction of sp³-hybridized carbons (Fsp3) is 0.0714. The summed E-state index contributed by atoms with van der Waals surface area (Å²) in [6.45, 7) is 8.81. The minimum atomic E-state index is 1.14. The number of benzene rings is 10. The molecule has 0 saturated carbocycles. The molecule has 0 fully saturated rings. The smallest absolute Gasteiger partial charge is 0.0540 e. The fourth-order valence-electron chi connectivity index (χ4n) is 8.83. The Kier molecular flexibility index (Phi) is 8.76. The molecule has 2 nitrogen and oxygen atoms in total. The zero-order valence-corrected chi connectivity index (χ0v) is 33.4. The molecule has 2 heteroatoms. The van der Waals surface area contributed by atoms with Crippen LogP contribution in [-0.2, 0) is 0 Å². The van der Waals surface area contributed by atoms with E-state index in [0.717, 1.165) is 22.7 Å². The van der Waals surface area contributed by atoms with Gasteiger partial charge in [-0.2, -0.15) is 0 Å². The lowest BCUT2D eigenvalue weighted by atomic mass is 9.91. The van der Waals surface area contributed by atoms with Crippen LogP contribution in [0.15, 0.2) is 194 Å². The summed E-state index contributed by atoms with van der Waals surface area (Å²) in [6.07, 6.45) is 0. The third-order valence-corrected chi connectivity index (χ3v) is 11.7. The van der Waals surface area contributed by atoms with Crippen LogP contribution in [0.25, 0.3) is 54.6 Å². The van der Waals surface area contributed by atoms with Crippen LogP contribution in [0, 0.1) is 27.7 Å². The molecule has 0 aliphatic carbocycles. The van der Waals surface area contributed by atoms with Gasteiger partial charge >= 0.3 is 0 Å². The lowest BCUT2D eigenvalue weighted by Gasteiger charge is -2.31. The van der Waals surface area contributed by atoms with E-state index in [4.69, 9.17) is 0 Å². The lowest BCUT2D eigenvalue weighted by Crippen LogP contribution is -2.13. The standard InChI is InChI=1S/C56H44N2/c1-37-13-11-19-47(33-37)57(53-35-45(23-21-39(53)3)41-15-7-5-8-16-41)51-31-27-43-26-30-50-52(32-28-44-25-29-49(51)55(43)56(44)50)58(48-20-12-14-38(2)34-48)54-36-46(24-22-40(54)4)42-17-9-6-10-18-42/h5-36H,1-4H3.